The average molecular weight is 332 g/mol. The molecule has 1 aromatic rings. The van der Waals surface area contributed by atoms with Crippen molar-refractivity contribution in [2.75, 3.05) is 11.5 Å². The van der Waals surface area contributed by atoms with E-state index in [1.54, 1.807) is 17.8 Å². The maximum atomic E-state index is 13.9. The number of thioether (sulfide) groups is 1. The fourth-order valence-corrected chi connectivity index (χ4v) is 3.06. The second-order valence-corrected chi connectivity index (χ2v) is 7.24. The third-order valence-electron chi connectivity index (χ3n) is 2.99. The van der Waals surface area contributed by atoms with Gasteiger partial charge in [-0.15, -0.1) is 11.8 Å². The molecule has 0 radical (unpaired) electrons. The number of hydrogen-bond acceptors (Lipinski definition) is 4. The first kappa shape index (κ1) is 13.7. The van der Waals surface area contributed by atoms with E-state index in [0.717, 1.165) is 0 Å². The Labute approximate surface area is 118 Å². The monoisotopic (exact) mass is 331 g/mol. The van der Waals surface area contributed by atoms with E-state index in [9.17, 15) is 4.39 Å². The Morgan fingerprint density at radius 1 is 1.44 bits per heavy atom. The third-order valence-corrected chi connectivity index (χ3v) is 5.09. The van der Waals surface area contributed by atoms with E-state index in [4.69, 9.17) is 11.5 Å². The Hall–Kier alpha value is -0.750. The second kappa shape index (κ2) is 4.74. The van der Waals surface area contributed by atoms with E-state index in [1.165, 1.54) is 6.07 Å². The molecule has 3 nitrogen and oxygen atoms in total. The van der Waals surface area contributed by atoms with Gasteiger partial charge in [-0.05, 0) is 41.9 Å². The van der Waals surface area contributed by atoms with Gasteiger partial charge in [-0.3, -0.25) is 4.99 Å². The molecular formula is C12H15BrFN3S. The quantitative estimate of drug-likeness (QED) is 0.777. The van der Waals surface area contributed by atoms with Crippen molar-refractivity contribution in [1.82, 2.24) is 0 Å². The smallest absolute Gasteiger partial charge is 0.129 e. The van der Waals surface area contributed by atoms with E-state index < -0.39 is 0 Å². The van der Waals surface area contributed by atoms with E-state index in [1.807, 2.05) is 13.8 Å². The number of rotatable bonds is 1. The molecule has 0 aliphatic carbocycles. The zero-order valence-electron chi connectivity index (χ0n) is 10.2. The number of anilines is 1. The van der Waals surface area contributed by atoms with Crippen LogP contribution in [0.5, 0.6) is 0 Å². The number of hydrogen-bond donors (Lipinski definition) is 2. The zero-order valence-corrected chi connectivity index (χ0v) is 12.6. The lowest BCUT2D eigenvalue weighted by molar-refractivity contribution is 0.592. The highest BCUT2D eigenvalue weighted by Gasteiger charge is 2.31. The molecular weight excluding hydrogens is 317 g/mol. The Morgan fingerprint density at radius 2 is 2.11 bits per heavy atom. The standard InChI is InChI=1S/C12H15BrFN3S/c1-12(2)11(16)17-10(5-18-12)6-3-9(15)7(13)4-8(6)14/h3-4,10H,5,15H2,1-2H3,(H2,16,17). The van der Waals surface area contributed by atoms with Gasteiger partial charge in [0.25, 0.3) is 0 Å². The number of halogens is 2. The van der Waals surface area contributed by atoms with Crippen LogP contribution in [-0.2, 0) is 0 Å². The molecule has 1 aromatic carbocycles. The molecule has 1 aliphatic heterocycles. The molecule has 1 atom stereocenters. The summed E-state index contributed by atoms with van der Waals surface area (Å²) >= 11 is 4.88. The van der Waals surface area contributed by atoms with Gasteiger partial charge in [0.2, 0.25) is 0 Å². The number of amidine groups is 1. The van der Waals surface area contributed by atoms with Crippen LogP contribution < -0.4 is 11.5 Å². The summed E-state index contributed by atoms with van der Waals surface area (Å²) in [6.07, 6.45) is 0. The van der Waals surface area contributed by atoms with Crippen LogP contribution in [-0.4, -0.2) is 16.3 Å². The molecule has 0 bridgehead atoms. The largest absolute Gasteiger partial charge is 0.398 e. The lowest BCUT2D eigenvalue weighted by atomic mass is 10.1. The van der Waals surface area contributed by atoms with Gasteiger partial charge in [-0.1, -0.05) is 0 Å². The third kappa shape index (κ3) is 2.49. The number of nitrogens with two attached hydrogens (primary N) is 2. The summed E-state index contributed by atoms with van der Waals surface area (Å²) in [6.45, 7) is 4.03. The summed E-state index contributed by atoms with van der Waals surface area (Å²) in [5, 5.41) is 0. The SMILES string of the molecule is CC1(C)SCC(c2cc(N)c(Br)cc2F)N=C1N. The second-order valence-electron chi connectivity index (χ2n) is 4.75. The highest BCUT2D eigenvalue weighted by molar-refractivity contribution is 9.10. The molecule has 0 spiro atoms. The molecule has 98 valence electrons. The van der Waals surface area contributed by atoms with Crippen LogP contribution in [0, 0.1) is 5.82 Å². The highest BCUT2D eigenvalue weighted by atomic mass is 79.9. The zero-order chi connectivity index (χ0) is 13.5. The van der Waals surface area contributed by atoms with Crippen molar-refractivity contribution in [3.63, 3.8) is 0 Å². The number of nitrogens with zero attached hydrogens (tertiary/aromatic N) is 1. The summed E-state index contributed by atoms with van der Waals surface area (Å²) in [5.74, 6) is 0.939. The summed E-state index contributed by atoms with van der Waals surface area (Å²) in [7, 11) is 0. The van der Waals surface area contributed by atoms with Gasteiger partial charge in [0, 0.05) is 21.5 Å². The first-order valence-electron chi connectivity index (χ1n) is 5.53. The van der Waals surface area contributed by atoms with Gasteiger partial charge < -0.3 is 11.5 Å². The van der Waals surface area contributed by atoms with Crippen LogP contribution in [0.15, 0.2) is 21.6 Å². The van der Waals surface area contributed by atoms with E-state index in [0.29, 0.717) is 27.3 Å². The van der Waals surface area contributed by atoms with E-state index in [-0.39, 0.29) is 16.6 Å². The molecule has 1 unspecified atom stereocenters. The van der Waals surface area contributed by atoms with Crippen molar-refractivity contribution >= 4 is 39.2 Å². The van der Waals surface area contributed by atoms with E-state index >= 15 is 0 Å². The first-order valence-corrected chi connectivity index (χ1v) is 7.31. The Balaban J connectivity index is 2.40. The van der Waals surface area contributed by atoms with Crippen molar-refractivity contribution < 1.29 is 4.39 Å². The van der Waals surface area contributed by atoms with Crippen molar-refractivity contribution in [2.45, 2.75) is 24.6 Å². The summed E-state index contributed by atoms with van der Waals surface area (Å²) in [5.41, 5.74) is 12.7. The van der Waals surface area contributed by atoms with Crippen LogP contribution in [0.25, 0.3) is 0 Å². The van der Waals surface area contributed by atoms with Crippen molar-refractivity contribution in [3.05, 3.63) is 28.0 Å². The lowest BCUT2D eigenvalue weighted by Gasteiger charge is -2.31. The molecule has 6 heteroatoms. The first-order chi connectivity index (χ1) is 8.31. The normalized spacial score (nSPS) is 22.7. The molecule has 0 amide bonds. The Bertz CT molecular complexity index is 516. The topological polar surface area (TPSA) is 64.4 Å². The minimum Gasteiger partial charge on any atom is -0.398 e. The van der Waals surface area contributed by atoms with Gasteiger partial charge in [0.1, 0.15) is 11.7 Å². The fraction of sp³-hybridized carbons (Fsp3) is 0.417. The Morgan fingerprint density at radius 3 is 2.72 bits per heavy atom. The predicted molar refractivity (Wildman–Crippen MR) is 79.4 cm³/mol. The molecule has 0 aromatic heterocycles. The fourth-order valence-electron chi connectivity index (χ4n) is 1.72. The van der Waals surface area contributed by atoms with Crippen LogP contribution in [0.2, 0.25) is 0 Å². The molecule has 2 rings (SSSR count). The molecule has 0 saturated heterocycles. The minimum absolute atomic E-state index is 0.187. The van der Waals surface area contributed by atoms with Gasteiger partial charge in [0.15, 0.2) is 0 Å². The highest BCUT2D eigenvalue weighted by Crippen LogP contribution is 2.38. The molecule has 1 heterocycles. The maximum absolute atomic E-state index is 13.9. The molecule has 0 saturated carbocycles. The van der Waals surface area contributed by atoms with Crippen molar-refractivity contribution in [3.8, 4) is 0 Å². The van der Waals surface area contributed by atoms with Crippen LogP contribution in [0.3, 0.4) is 0 Å². The molecule has 18 heavy (non-hydrogen) atoms. The van der Waals surface area contributed by atoms with Gasteiger partial charge in [-0.25, -0.2) is 4.39 Å². The summed E-state index contributed by atoms with van der Waals surface area (Å²) in [6, 6.07) is 2.74. The molecule has 1 aliphatic rings. The number of aliphatic imine (C=N–C) groups is 1. The van der Waals surface area contributed by atoms with Crippen molar-refractivity contribution in [2.24, 2.45) is 10.7 Å². The van der Waals surface area contributed by atoms with Gasteiger partial charge in [0.05, 0.1) is 10.8 Å². The summed E-state index contributed by atoms with van der Waals surface area (Å²) in [4.78, 5) is 4.40. The number of nitrogen functional groups attached to an aromatic ring is 1. The maximum Gasteiger partial charge on any atom is 0.129 e. The minimum atomic E-state index is -0.307. The van der Waals surface area contributed by atoms with Crippen LogP contribution in [0.1, 0.15) is 25.5 Å². The van der Waals surface area contributed by atoms with Crippen molar-refractivity contribution in [1.29, 1.82) is 0 Å². The van der Waals surface area contributed by atoms with Crippen LogP contribution in [0.4, 0.5) is 10.1 Å². The average Bonchev–Trinajstić information content (AvgIpc) is 2.28. The Kier molecular flexibility index (Phi) is 3.60. The molecule has 4 N–H and O–H groups in total. The lowest BCUT2D eigenvalue weighted by Crippen LogP contribution is -2.39. The van der Waals surface area contributed by atoms with Crippen LogP contribution >= 0.6 is 27.7 Å². The van der Waals surface area contributed by atoms with Gasteiger partial charge >= 0.3 is 0 Å². The number of benzene rings is 1. The molecule has 0 fully saturated rings. The van der Waals surface area contributed by atoms with Gasteiger partial charge in [-0.2, -0.15) is 0 Å². The van der Waals surface area contributed by atoms with E-state index in [2.05, 4.69) is 20.9 Å². The summed E-state index contributed by atoms with van der Waals surface area (Å²) < 4.78 is 14.3. The predicted octanol–water partition coefficient (Wildman–Crippen LogP) is 3.09.